The van der Waals surface area contributed by atoms with Crippen LogP contribution in [-0.4, -0.2) is 100 Å². The molecule has 1 aromatic rings. The van der Waals surface area contributed by atoms with E-state index in [1.54, 1.807) is 0 Å². The molecule has 3 rings (SSSR count). The smallest absolute Gasteiger partial charge is 0.193 e. The first-order valence-corrected chi connectivity index (χ1v) is 10.1. The summed E-state index contributed by atoms with van der Waals surface area (Å²) >= 11 is 0. The zero-order valence-corrected chi connectivity index (χ0v) is 20.4. The fraction of sp³-hybridized carbons (Fsp3) is 0.667. The highest BCUT2D eigenvalue weighted by Crippen LogP contribution is 2.23. The fourth-order valence-electron chi connectivity index (χ4n) is 4.10. The van der Waals surface area contributed by atoms with Gasteiger partial charge in [-0.2, -0.15) is 0 Å². The van der Waals surface area contributed by atoms with Crippen LogP contribution >= 0.6 is 24.0 Å². The molecule has 0 spiro atoms. The molecule has 28 heavy (non-hydrogen) atoms. The van der Waals surface area contributed by atoms with Gasteiger partial charge in [0, 0.05) is 71.1 Å². The third-order valence-electron chi connectivity index (χ3n) is 6.18. The number of likely N-dealkylation sites (N-methyl/N-ethyl adjacent to an activating group) is 2. The van der Waals surface area contributed by atoms with Gasteiger partial charge in [-0.05, 0) is 45.1 Å². The van der Waals surface area contributed by atoms with Crippen molar-refractivity contribution in [3.05, 3.63) is 29.3 Å². The predicted molar refractivity (Wildman–Crippen MR) is 130 cm³/mol. The summed E-state index contributed by atoms with van der Waals surface area (Å²) < 4.78 is 0. The van der Waals surface area contributed by atoms with Gasteiger partial charge in [-0.3, -0.25) is 9.89 Å². The molecule has 2 aliphatic heterocycles. The normalized spacial score (nSPS) is 22.2. The van der Waals surface area contributed by atoms with Crippen LogP contribution in [0.3, 0.4) is 0 Å². The molecule has 0 amide bonds. The van der Waals surface area contributed by atoms with E-state index in [2.05, 4.69) is 76.1 Å². The van der Waals surface area contributed by atoms with Gasteiger partial charge in [0.15, 0.2) is 5.96 Å². The lowest BCUT2D eigenvalue weighted by atomic mass is 10.1. The molecule has 1 atom stereocenters. The van der Waals surface area contributed by atoms with Gasteiger partial charge in [0.1, 0.15) is 0 Å². The maximum Gasteiger partial charge on any atom is 0.193 e. The van der Waals surface area contributed by atoms with Gasteiger partial charge in [0.2, 0.25) is 0 Å². The van der Waals surface area contributed by atoms with E-state index in [-0.39, 0.29) is 24.0 Å². The van der Waals surface area contributed by atoms with Gasteiger partial charge in [-0.25, -0.2) is 0 Å². The van der Waals surface area contributed by atoms with Crippen LogP contribution in [0.25, 0.3) is 0 Å². The second kappa shape index (κ2) is 10.6. The van der Waals surface area contributed by atoms with Crippen molar-refractivity contribution >= 4 is 35.6 Å². The molecular formula is C21H37IN6. The summed E-state index contributed by atoms with van der Waals surface area (Å²) in [6.45, 7) is 12.9. The minimum absolute atomic E-state index is 0. The Morgan fingerprint density at radius 2 is 1.79 bits per heavy atom. The van der Waals surface area contributed by atoms with Gasteiger partial charge in [0.25, 0.3) is 0 Å². The number of guanidine groups is 1. The molecule has 7 heteroatoms. The molecule has 2 fully saturated rings. The molecule has 2 heterocycles. The fourth-order valence-corrected chi connectivity index (χ4v) is 4.10. The third-order valence-corrected chi connectivity index (χ3v) is 6.18. The molecule has 158 valence electrons. The molecule has 0 radical (unpaired) electrons. The van der Waals surface area contributed by atoms with E-state index in [0.29, 0.717) is 6.04 Å². The van der Waals surface area contributed by atoms with Gasteiger partial charge in [0.05, 0.1) is 0 Å². The second-order valence-corrected chi connectivity index (χ2v) is 8.02. The molecule has 0 aromatic heterocycles. The number of nitrogens with zero attached hydrogens (tertiary/aromatic N) is 5. The number of halogens is 1. The van der Waals surface area contributed by atoms with Crippen molar-refractivity contribution in [3.63, 3.8) is 0 Å². The predicted octanol–water partition coefficient (Wildman–Crippen LogP) is 1.86. The third kappa shape index (κ3) is 5.51. The molecule has 0 bridgehead atoms. The van der Waals surface area contributed by atoms with Crippen molar-refractivity contribution in [2.45, 2.75) is 19.9 Å². The van der Waals surface area contributed by atoms with E-state index in [1.807, 2.05) is 7.05 Å². The average molecular weight is 500 g/mol. The van der Waals surface area contributed by atoms with Gasteiger partial charge >= 0.3 is 0 Å². The van der Waals surface area contributed by atoms with E-state index >= 15 is 0 Å². The summed E-state index contributed by atoms with van der Waals surface area (Å²) in [5.74, 6) is 1.04. The Kier molecular flexibility index (Phi) is 8.82. The van der Waals surface area contributed by atoms with Crippen molar-refractivity contribution in [3.8, 4) is 0 Å². The standard InChI is InChI=1S/C21H36N6.HI/c1-17-7-6-8-20(18(17)2)26-11-13-27(14-12-26)21(22-3)23-15-19-16-24(4)9-10-25(19)5;/h6-8,19H,9-16H2,1-5H3,(H,22,23);1H. The zero-order valence-electron chi connectivity index (χ0n) is 18.1. The van der Waals surface area contributed by atoms with Gasteiger partial charge in [-0.15, -0.1) is 24.0 Å². The molecule has 1 N–H and O–H groups in total. The van der Waals surface area contributed by atoms with Crippen molar-refractivity contribution in [2.24, 2.45) is 4.99 Å². The van der Waals surface area contributed by atoms with E-state index in [4.69, 9.17) is 0 Å². The number of benzene rings is 1. The van der Waals surface area contributed by atoms with E-state index < -0.39 is 0 Å². The highest BCUT2D eigenvalue weighted by molar-refractivity contribution is 14.0. The monoisotopic (exact) mass is 500 g/mol. The van der Waals surface area contributed by atoms with Crippen LogP contribution in [-0.2, 0) is 0 Å². The Bertz CT molecular complexity index is 656. The Labute approximate surface area is 188 Å². The minimum atomic E-state index is 0. The number of anilines is 1. The number of piperazine rings is 2. The Morgan fingerprint density at radius 3 is 2.46 bits per heavy atom. The van der Waals surface area contributed by atoms with Crippen LogP contribution in [0.15, 0.2) is 23.2 Å². The number of nitrogens with one attached hydrogen (secondary N) is 1. The summed E-state index contributed by atoms with van der Waals surface area (Å²) in [6, 6.07) is 7.15. The highest BCUT2D eigenvalue weighted by atomic mass is 127. The molecule has 0 aliphatic carbocycles. The number of hydrogen-bond acceptors (Lipinski definition) is 4. The van der Waals surface area contributed by atoms with Gasteiger partial charge < -0.3 is 20.0 Å². The second-order valence-electron chi connectivity index (χ2n) is 8.02. The Morgan fingerprint density at radius 1 is 1.07 bits per heavy atom. The van der Waals surface area contributed by atoms with Crippen LogP contribution in [0.2, 0.25) is 0 Å². The van der Waals surface area contributed by atoms with Crippen LogP contribution in [0.1, 0.15) is 11.1 Å². The minimum Gasteiger partial charge on any atom is -0.368 e. The summed E-state index contributed by atoms with van der Waals surface area (Å²) in [4.78, 5) is 14.3. The van der Waals surface area contributed by atoms with E-state index in [9.17, 15) is 0 Å². The van der Waals surface area contributed by atoms with Crippen molar-refractivity contribution in [1.82, 2.24) is 20.0 Å². The lowest BCUT2D eigenvalue weighted by molar-refractivity contribution is 0.116. The summed E-state index contributed by atoms with van der Waals surface area (Å²) in [7, 11) is 6.34. The molecule has 0 saturated carbocycles. The van der Waals surface area contributed by atoms with Crippen molar-refractivity contribution < 1.29 is 0 Å². The summed E-state index contributed by atoms with van der Waals surface area (Å²) in [5, 5.41) is 3.62. The van der Waals surface area contributed by atoms with Crippen LogP contribution in [0.5, 0.6) is 0 Å². The van der Waals surface area contributed by atoms with E-state index in [0.717, 1.165) is 58.3 Å². The van der Waals surface area contributed by atoms with Crippen LogP contribution in [0, 0.1) is 13.8 Å². The maximum absolute atomic E-state index is 4.55. The van der Waals surface area contributed by atoms with Crippen LogP contribution < -0.4 is 10.2 Å². The molecule has 2 aliphatic rings. The van der Waals surface area contributed by atoms with Crippen molar-refractivity contribution in [1.29, 1.82) is 0 Å². The molecule has 6 nitrogen and oxygen atoms in total. The summed E-state index contributed by atoms with van der Waals surface area (Å²) in [6.07, 6.45) is 0. The summed E-state index contributed by atoms with van der Waals surface area (Å²) in [5.41, 5.74) is 4.15. The Hall–Kier alpha value is -1.06. The Balaban J connectivity index is 0.00000280. The maximum atomic E-state index is 4.55. The highest BCUT2D eigenvalue weighted by Gasteiger charge is 2.24. The lowest BCUT2D eigenvalue weighted by Crippen LogP contribution is -2.57. The van der Waals surface area contributed by atoms with Gasteiger partial charge in [-0.1, -0.05) is 12.1 Å². The first-order chi connectivity index (χ1) is 13.0. The molecule has 2 saturated heterocycles. The molecule has 1 unspecified atom stereocenters. The SMILES string of the molecule is CN=C(NCC1CN(C)CCN1C)N1CCN(c2cccc(C)c2C)CC1.I. The number of rotatable bonds is 3. The lowest BCUT2D eigenvalue weighted by Gasteiger charge is -2.40. The molecular weight excluding hydrogens is 463 g/mol. The zero-order chi connectivity index (χ0) is 19.4. The van der Waals surface area contributed by atoms with Crippen LogP contribution in [0.4, 0.5) is 5.69 Å². The first kappa shape index (κ1) is 23.2. The first-order valence-electron chi connectivity index (χ1n) is 10.1. The van der Waals surface area contributed by atoms with Crippen molar-refractivity contribution in [2.75, 3.05) is 78.4 Å². The average Bonchev–Trinajstić information content (AvgIpc) is 2.67. The number of aryl methyl sites for hydroxylation is 1. The molecule has 1 aromatic carbocycles. The van der Waals surface area contributed by atoms with E-state index in [1.165, 1.54) is 16.8 Å². The number of aliphatic imine (C=N–C) groups is 1. The quantitative estimate of drug-likeness (QED) is 0.390. The topological polar surface area (TPSA) is 37.4 Å². The number of hydrogen-bond donors (Lipinski definition) is 1. The largest absolute Gasteiger partial charge is 0.368 e.